The van der Waals surface area contributed by atoms with E-state index in [1.165, 1.54) is 10.4 Å². The van der Waals surface area contributed by atoms with Crippen molar-refractivity contribution in [3.63, 3.8) is 0 Å². The van der Waals surface area contributed by atoms with Crippen LogP contribution in [0.2, 0.25) is 4.34 Å². The van der Waals surface area contributed by atoms with E-state index in [4.69, 9.17) is 23.8 Å². The molecule has 0 aliphatic heterocycles. The molecular weight excluding hydrogens is 320 g/mol. The van der Waals surface area contributed by atoms with Gasteiger partial charge in [-0.3, -0.25) is 0 Å². The Morgan fingerprint density at radius 1 is 1.24 bits per heavy atom. The fraction of sp³-hybridized carbons (Fsp3) is 0.312. The van der Waals surface area contributed by atoms with Gasteiger partial charge in [0.15, 0.2) is 5.11 Å². The third-order valence-electron chi connectivity index (χ3n) is 3.18. The number of benzene rings is 1. The highest BCUT2D eigenvalue weighted by atomic mass is 35.5. The summed E-state index contributed by atoms with van der Waals surface area (Å²) >= 11 is 13.1. The molecule has 2 aromatic rings. The summed E-state index contributed by atoms with van der Waals surface area (Å²) in [5, 5.41) is 4.14. The summed E-state index contributed by atoms with van der Waals surface area (Å²) in [5.74, 6) is 0. The van der Waals surface area contributed by atoms with Crippen molar-refractivity contribution in [2.24, 2.45) is 0 Å². The molecule has 112 valence electrons. The zero-order chi connectivity index (χ0) is 15.1. The van der Waals surface area contributed by atoms with Crippen LogP contribution in [0, 0.1) is 0 Å². The number of hydrogen-bond donors (Lipinski definition) is 1. The van der Waals surface area contributed by atoms with Crippen LogP contribution in [-0.4, -0.2) is 23.1 Å². The maximum atomic E-state index is 5.97. The molecule has 1 heterocycles. The quantitative estimate of drug-likeness (QED) is 0.789. The Morgan fingerprint density at radius 2 is 2.00 bits per heavy atom. The van der Waals surface area contributed by atoms with Crippen molar-refractivity contribution in [1.82, 2.24) is 10.2 Å². The van der Waals surface area contributed by atoms with Gasteiger partial charge in [-0.05, 0) is 43.3 Å². The number of nitrogens with one attached hydrogen (secondary N) is 1. The SMILES string of the molecule is CCN(Cc1ccc(Cl)s1)C(=S)NCCc1ccccc1. The van der Waals surface area contributed by atoms with Crippen molar-refractivity contribution in [3.8, 4) is 0 Å². The fourth-order valence-corrected chi connectivity index (χ4v) is 3.42. The van der Waals surface area contributed by atoms with E-state index in [2.05, 4.69) is 47.5 Å². The van der Waals surface area contributed by atoms with Gasteiger partial charge in [-0.15, -0.1) is 11.3 Å². The van der Waals surface area contributed by atoms with Crippen LogP contribution in [0.3, 0.4) is 0 Å². The molecule has 0 aliphatic carbocycles. The second kappa shape index (κ2) is 8.37. The van der Waals surface area contributed by atoms with Crippen LogP contribution in [-0.2, 0) is 13.0 Å². The highest BCUT2D eigenvalue weighted by molar-refractivity contribution is 7.80. The number of nitrogens with zero attached hydrogens (tertiary/aromatic N) is 1. The van der Waals surface area contributed by atoms with Gasteiger partial charge in [0.2, 0.25) is 0 Å². The van der Waals surface area contributed by atoms with E-state index < -0.39 is 0 Å². The minimum atomic E-state index is 0.804. The molecule has 21 heavy (non-hydrogen) atoms. The van der Waals surface area contributed by atoms with Gasteiger partial charge in [0.05, 0.1) is 10.9 Å². The molecule has 0 saturated carbocycles. The molecule has 0 saturated heterocycles. The Balaban J connectivity index is 1.80. The number of halogens is 1. The topological polar surface area (TPSA) is 15.3 Å². The van der Waals surface area contributed by atoms with Gasteiger partial charge in [0.1, 0.15) is 0 Å². The molecule has 2 nitrogen and oxygen atoms in total. The van der Waals surface area contributed by atoms with E-state index >= 15 is 0 Å². The van der Waals surface area contributed by atoms with Crippen molar-refractivity contribution >= 4 is 40.3 Å². The first kappa shape index (κ1) is 16.3. The van der Waals surface area contributed by atoms with Crippen molar-refractivity contribution in [1.29, 1.82) is 0 Å². The molecule has 1 aromatic heterocycles. The third kappa shape index (κ3) is 5.30. The molecule has 0 unspecified atom stereocenters. The Kier molecular flexibility index (Phi) is 6.49. The first-order chi connectivity index (χ1) is 10.2. The lowest BCUT2D eigenvalue weighted by Crippen LogP contribution is -2.39. The zero-order valence-electron chi connectivity index (χ0n) is 12.0. The maximum Gasteiger partial charge on any atom is 0.169 e. The monoisotopic (exact) mass is 338 g/mol. The summed E-state index contributed by atoms with van der Waals surface area (Å²) in [7, 11) is 0. The normalized spacial score (nSPS) is 10.4. The lowest BCUT2D eigenvalue weighted by molar-refractivity contribution is 0.431. The van der Waals surface area contributed by atoms with Gasteiger partial charge in [0, 0.05) is 18.0 Å². The molecule has 0 atom stereocenters. The molecule has 0 spiro atoms. The lowest BCUT2D eigenvalue weighted by atomic mass is 10.1. The molecule has 2 rings (SSSR count). The van der Waals surface area contributed by atoms with E-state index in [0.717, 1.165) is 35.5 Å². The van der Waals surface area contributed by atoms with E-state index in [1.54, 1.807) is 11.3 Å². The largest absolute Gasteiger partial charge is 0.362 e. The Bertz CT molecular complexity index is 569. The van der Waals surface area contributed by atoms with E-state index in [1.807, 2.05) is 12.1 Å². The number of thiophene rings is 1. The third-order valence-corrected chi connectivity index (χ3v) is 4.80. The summed E-state index contributed by atoms with van der Waals surface area (Å²) in [6.07, 6.45) is 0.976. The van der Waals surface area contributed by atoms with Crippen molar-refractivity contribution in [2.45, 2.75) is 19.9 Å². The van der Waals surface area contributed by atoms with Gasteiger partial charge in [-0.1, -0.05) is 41.9 Å². The Labute approximate surface area is 140 Å². The molecule has 1 aromatic carbocycles. The maximum absolute atomic E-state index is 5.97. The molecule has 0 amide bonds. The predicted octanol–water partition coefficient (Wildman–Crippen LogP) is 4.34. The highest BCUT2D eigenvalue weighted by Crippen LogP contribution is 2.22. The average Bonchev–Trinajstić information content (AvgIpc) is 2.91. The van der Waals surface area contributed by atoms with Gasteiger partial charge in [-0.2, -0.15) is 0 Å². The van der Waals surface area contributed by atoms with Crippen molar-refractivity contribution in [2.75, 3.05) is 13.1 Å². The molecular formula is C16H19ClN2S2. The highest BCUT2D eigenvalue weighted by Gasteiger charge is 2.09. The molecule has 0 aliphatic rings. The average molecular weight is 339 g/mol. The molecule has 0 fully saturated rings. The van der Waals surface area contributed by atoms with Crippen LogP contribution in [0.1, 0.15) is 17.4 Å². The molecule has 5 heteroatoms. The second-order valence-electron chi connectivity index (χ2n) is 4.69. The first-order valence-corrected chi connectivity index (χ1v) is 8.60. The predicted molar refractivity (Wildman–Crippen MR) is 96.2 cm³/mol. The number of thiocarbonyl (C=S) groups is 1. The summed E-state index contributed by atoms with van der Waals surface area (Å²) in [4.78, 5) is 3.39. The zero-order valence-corrected chi connectivity index (χ0v) is 14.4. The van der Waals surface area contributed by atoms with Crippen LogP contribution < -0.4 is 5.32 Å². The molecule has 1 N–H and O–H groups in total. The molecule has 0 radical (unpaired) electrons. The summed E-state index contributed by atoms with van der Waals surface area (Å²) < 4.78 is 0.823. The summed E-state index contributed by atoms with van der Waals surface area (Å²) in [6.45, 7) is 4.66. The van der Waals surface area contributed by atoms with Crippen LogP contribution >= 0.6 is 35.2 Å². The van der Waals surface area contributed by atoms with Crippen LogP contribution in [0.5, 0.6) is 0 Å². The van der Waals surface area contributed by atoms with Crippen LogP contribution in [0.15, 0.2) is 42.5 Å². The van der Waals surface area contributed by atoms with Crippen molar-refractivity contribution in [3.05, 3.63) is 57.2 Å². The van der Waals surface area contributed by atoms with Gasteiger partial charge in [-0.25, -0.2) is 0 Å². The van der Waals surface area contributed by atoms with Crippen molar-refractivity contribution < 1.29 is 0 Å². The van der Waals surface area contributed by atoms with Gasteiger partial charge >= 0.3 is 0 Å². The fourth-order valence-electron chi connectivity index (χ4n) is 2.02. The lowest BCUT2D eigenvalue weighted by Gasteiger charge is -2.23. The standard InChI is InChI=1S/C16H19ClN2S2/c1-2-19(12-14-8-9-15(17)21-14)16(20)18-11-10-13-6-4-3-5-7-13/h3-9H,2,10-12H2,1H3,(H,18,20). The smallest absolute Gasteiger partial charge is 0.169 e. The van der Waals surface area contributed by atoms with Crippen LogP contribution in [0.4, 0.5) is 0 Å². The minimum Gasteiger partial charge on any atom is -0.362 e. The van der Waals surface area contributed by atoms with E-state index in [-0.39, 0.29) is 0 Å². The number of hydrogen-bond acceptors (Lipinski definition) is 2. The van der Waals surface area contributed by atoms with Gasteiger partial charge in [0.25, 0.3) is 0 Å². The minimum absolute atomic E-state index is 0.804. The van der Waals surface area contributed by atoms with Gasteiger partial charge < -0.3 is 10.2 Å². The second-order valence-corrected chi connectivity index (χ2v) is 6.87. The number of rotatable bonds is 6. The Morgan fingerprint density at radius 3 is 2.62 bits per heavy atom. The molecule has 0 bridgehead atoms. The first-order valence-electron chi connectivity index (χ1n) is 7.00. The summed E-state index contributed by atoms with van der Waals surface area (Å²) in [6, 6.07) is 14.4. The van der Waals surface area contributed by atoms with Crippen LogP contribution in [0.25, 0.3) is 0 Å². The summed E-state index contributed by atoms with van der Waals surface area (Å²) in [5.41, 5.74) is 1.32. The van der Waals surface area contributed by atoms with E-state index in [0.29, 0.717) is 0 Å². The Hall–Kier alpha value is -1.10. The van der Waals surface area contributed by atoms with E-state index in [9.17, 15) is 0 Å².